The molecule has 0 aromatic heterocycles. The Kier molecular flexibility index (Phi) is 6.85. The van der Waals surface area contributed by atoms with Gasteiger partial charge >= 0.3 is 0 Å². The zero-order chi connectivity index (χ0) is 20.8. The molecule has 0 radical (unpaired) electrons. The van der Waals surface area contributed by atoms with Gasteiger partial charge in [-0.25, -0.2) is 0 Å². The Morgan fingerprint density at radius 2 is 1.21 bits per heavy atom. The Hall–Kier alpha value is -2.90. The van der Waals surface area contributed by atoms with Crippen molar-refractivity contribution in [1.82, 2.24) is 0 Å². The van der Waals surface area contributed by atoms with Gasteiger partial charge in [-0.3, -0.25) is 9.59 Å². The normalized spacial score (nSPS) is 10.6. The van der Waals surface area contributed by atoms with E-state index >= 15 is 0 Å². The van der Waals surface area contributed by atoms with Crippen LogP contribution in [-0.2, 0) is 0 Å². The second-order valence-corrected chi connectivity index (χ2v) is 7.36. The van der Waals surface area contributed by atoms with Crippen molar-refractivity contribution in [3.8, 4) is 0 Å². The predicted molar refractivity (Wildman–Crippen MR) is 112 cm³/mol. The number of carbonyl (C=O) groups excluding carboxylic acids is 2. The van der Waals surface area contributed by atoms with Crippen LogP contribution in [-0.4, -0.2) is 17.6 Å². The van der Waals surface area contributed by atoms with Crippen molar-refractivity contribution in [2.24, 2.45) is 0 Å². The van der Waals surface area contributed by atoms with E-state index in [1.54, 1.807) is 48.5 Å². The van der Waals surface area contributed by atoms with Crippen LogP contribution in [0.1, 0.15) is 20.7 Å². The summed E-state index contributed by atoms with van der Waals surface area (Å²) >= 11 is 6.24. The number of thioether (sulfide) groups is 1. The fourth-order valence-corrected chi connectivity index (χ4v) is 3.10. The van der Waals surface area contributed by atoms with E-state index in [1.807, 2.05) is 0 Å². The minimum atomic E-state index is -2.52. The number of alkyl halides is 2. The van der Waals surface area contributed by atoms with Gasteiger partial charge in [0.25, 0.3) is 17.6 Å². The van der Waals surface area contributed by atoms with Crippen molar-refractivity contribution in [3.63, 3.8) is 0 Å². The van der Waals surface area contributed by atoms with Gasteiger partial charge in [0.15, 0.2) is 0 Å². The number of hydrogen-bond donors (Lipinski definition) is 2. The summed E-state index contributed by atoms with van der Waals surface area (Å²) in [5.41, 5.74) is 1.56. The summed E-state index contributed by atoms with van der Waals surface area (Å²) < 4.78 is 24.8. The molecule has 0 aliphatic rings. The number of benzene rings is 3. The molecule has 29 heavy (non-hydrogen) atoms. The number of hydrogen-bond acceptors (Lipinski definition) is 3. The van der Waals surface area contributed by atoms with Crippen LogP contribution in [0, 0.1) is 0 Å². The summed E-state index contributed by atoms with van der Waals surface area (Å²) in [6.45, 7) is 0. The molecule has 4 nitrogen and oxygen atoms in total. The second-order valence-electron chi connectivity index (χ2n) is 5.86. The fourth-order valence-electron chi connectivity index (χ4n) is 2.48. The number of anilines is 2. The molecule has 0 spiro atoms. The molecule has 3 aromatic carbocycles. The van der Waals surface area contributed by atoms with Crippen LogP contribution in [0.25, 0.3) is 0 Å². The summed E-state index contributed by atoms with van der Waals surface area (Å²) in [6, 6.07) is 19.0. The first-order chi connectivity index (χ1) is 13.9. The standard InChI is InChI=1S/C21H15ClF2N2O2S/c22-15-9-5-13(6-10-15)19(27)25-17-3-1-2-4-18(17)26-20(28)14-7-11-16(12-8-14)29-21(23)24/h1-12,21H,(H,25,27)(H,26,28). The van der Waals surface area contributed by atoms with Gasteiger partial charge in [-0.1, -0.05) is 35.5 Å². The molecule has 0 bridgehead atoms. The Balaban J connectivity index is 1.72. The first-order valence-corrected chi connectivity index (χ1v) is 9.70. The van der Waals surface area contributed by atoms with Gasteiger partial charge < -0.3 is 10.6 Å². The van der Waals surface area contributed by atoms with Crippen LogP contribution in [0.2, 0.25) is 5.02 Å². The molecule has 0 saturated heterocycles. The summed E-state index contributed by atoms with van der Waals surface area (Å²) in [5.74, 6) is -3.30. The molecule has 0 aliphatic heterocycles. The lowest BCUT2D eigenvalue weighted by Crippen LogP contribution is -2.16. The SMILES string of the molecule is O=C(Nc1ccccc1NC(=O)c1ccc(SC(F)F)cc1)c1ccc(Cl)cc1. The molecule has 148 valence electrons. The maximum atomic E-state index is 12.5. The molecule has 2 amide bonds. The molecule has 8 heteroatoms. The molecule has 0 saturated carbocycles. The van der Waals surface area contributed by atoms with E-state index < -0.39 is 11.7 Å². The lowest BCUT2D eigenvalue weighted by Gasteiger charge is -2.12. The molecule has 0 aliphatic carbocycles. The third-order valence-corrected chi connectivity index (χ3v) is 4.85. The van der Waals surface area contributed by atoms with Crippen molar-refractivity contribution >= 4 is 46.6 Å². The largest absolute Gasteiger partial charge is 0.320 e. The third kappa shape index (κ3) is 5.79. The Labute approximate surface area is 175 Å². The average molecular weight is 433 g/mol. The third-order valence-electron chi connectivity index (χ3n) is 3.87. The smallest absolute Gasteiger partial charge is 0.288 e. The minimum Gasteiger partial charge on any atom is -0.320 e. The number of amides is 2. The molecular formula is C21H15ClF2N2O2S. The predicted octanol–water partition coefficient (Wildman–Crippen LogP) is 6.16. The number of halogens is 3. The highest BCUT2D eigenvalue weighted by Crippen LogP contribution is 2.26. The summed E-state index contributed by atoms with van der Waals surface area (Å²) in [7, 11) is 0. The highest BCUT2D eigenvalue weighted by Gasteiger charge is 2.13. The highest BCUT2D eigenvalue weighted by atomic mass is 35.5. The van der Waals surface area contributed by atoms with Crippen LogP contribution < -0.4 is 10.6 Å². The van der Waals surface area contributed by atoms with E-state index in [0.29, 0.717) is 44.2 Å². The van der Waals surface area contributed by atoms with E-state index in [9.17, 15) is 18.4 Å². The maximum absolute atomic E-state index is 12.5. The summed E-state index contributed by atoms with van der Waals surface area (Å²) in [5, 5.41) is 5.99. The summed E-state index contributed by atoms with van der Waals surface area (Å²) in [4.78, 5) is 25.3. The average Bonchev–Trinajstić information content (AvgIpc) is 2.70. The zero-order valence-corrected chi connectivity index (χ0v) is 16.4. The fraction of sp³-hybridized carbons (Fsp3) is 0.0476. The van der Waals surface area contributed by atoms with Gasteiger partial charge in [0, 0.05) is 21.0 Å². The highest BCUT2D eigenvalue weighted by molar-refractivity contribution is 7.99. The molecule has 0 unspecified atom stereocenters. The monoisotopic (exact) mass is 432 g/mol. The van der Waals surface area contributed by atoms with Crippen molar-refractivity contribution < 1.29 is 18.4 Å². The number of para-hydroxylation sites is 2. The Morgan fingerprint density at radius 1 is 0.759 bits per heavy atom. The lowest BCUT2D eigenvalue weighted by molar-refractivity contribution is 0.101. The van der Waals surface area contributed by atoms with Gasteiger partial charge in [0.2, 0.25) is 0 Å². The van der Waals surface area contributed by atoms with E-state index in [4.69, 9.17) is 11.6 Å². The van der Waals surface area contributed by atoms with E-state index in [1.165, 1.54) is 24.3 Å². The van der Waals surface area contributed by atoms with Crippen molar-refractivity contribution in [2.45, 2.75) is 10.7 Å². The molecule has 3 aromatic rings. The molecule has 3 rings (SSSR count). The number of rotatable bonds is 6. The quantitative estimate of drug-likeness (QED) is 0.458. The Bertz CT molecular complexity index is 1010. The van der Waals surface area contributed by atoms with Gasteiger partial charge in [-0.15, -0.1) is 0 Å². The van der Waals surface area contributed by atoms with Crippen LogP contribution >= 0.6 is 23.4 Å². The van der Waals surface area contributed by atoms with Gasteiger partial charge in [-0.2, -0.15) is 8.78 Å². The van der Waals surface area contributed by atoms with Crippen molar-refractivity contribution in [2.75, 3.05) is 10.6 Å². The van der Waals surface area contributed by atoms with E-state index in [0.717, 1.165) is 0 Å². The molecule has 0 heterocycles. The first kappa shape index (κ1) is 20.8. The van der Waals surface area contributed by atoms with Crippen LogP contribution in [0.3, 0.4) is 0 Å². The van der Waals surface area contributed by atoms with E-state index in [-0.39, 0.29) is 5.91 Å². The van der Waals surface area contributed by atoms with Gasteiger partial charge in [0.05, 0.1) is 11.4 Å². The minimum absolute atomic E-state index is 0.308. The lowest BCUT2D eigenvalue weighted by atomic mass is 10.2. The number of nitrogens with one attached hydrogen (secondary N) is 2. The molecule has 0 atom stereocenters. The van der Waals surface area contributed by atoms with Crippen LogP contribution in [0.15, 0.2) is 77.7 Å². The van der Waals surface area contributed by atoms with Crippen LogP contribution in [0.4, 0.5) is 20.2 Å². The molecule has 0 fully saturated rings. The van der Waals surface area contributed by atoms with Crippen LogP contribution in [0.5, 0.6) is 0 Å². The molecule has 2 N–H and O–H groups in total. The van der Waals surface area contributed by atoms with E-state index in [2.05, 4.69) is 10.6 Å². The van der Waals surface area contributed by atoms with Gasteiger partial charge in [0.1, 0.15) is 0 Å². The Morgan fingerprint density at radius 3 is 1.66 bits per heavy atom. The number of carbonyl (C=O) groups is 2. The van der Waals surface area contributed by atoms with Crippen molar-refractivity contribution in [1.29, 1.82) is 0 Å². The van der Waals surface area contributed by atoms with Gasteiger partial charge in [-0.05, 0) is 60.7 Å². The first-order valence-electron chi connectivity index (χ1n) is 8.44. The topological polar surface area (TPSA) is 58.2 Å². The van der Waals surface area contributed by atoms with Crippen molar-refractivity contribution in [3.05, 3.63) is 88.9 Å². The zero-order valence-electron chi connectivity index (χ0n) is 14.9. The summed E-state index contributed by atoms with van der Waals surface area (Å²) in [6.07, 6.45) is 0. The molecular weight excluding hydrogens is 418 g/mol. The second kappa shape index (κ2) is 9.54. The maximum Gasteiger partial charge on any atom is 0.288 e.